The van der Waals surface area contributed by atoms with Crippen molar-refractivity contribution in [2.24, 2.45) is 0 Å². The van der Waals surface area contributed by atoms with Gasteiger partial charge < -0.3 is 4.90 Å². The molecule has 85 valence electrons. The van der Waals surface area contributed by atoms with Crippen LogP contribution in [0.3, 0.4) is 0 Å². The minimum atomic E-state index is 0.879. The molecule has 1 aromatic carbocycles. The number of benzene rings is 1. The first-order chi connectivity index (χ1) is 8.27. The average molecular weight is 225 g/mol. The van der Waals surface area contributed by atoms with Crippen LogP contribution in [0.25, 0.3) is 0 Å². The molecular formula is C13H13N4. The van der Waals surface area contributed by atoms with Crippen molar-refractivity contribution in [2.45, 2.75) is 6.92 Å². The zero-order valence-electron chi connectivity index (χ0n) is 9.83. The van der Waals surface area contributed by atoms with Crippen molar-refractivity contribution in [2.75, 3.05) is 16.8 Å². The fourth-order valence-electron chi connectivity index (χ4n) is 2.03. The minimum Gasteiger partial charge on any atom is -0.332 e. The van der Waals surface area contributed by atoms with E-state index in [1.165, 1.54) is 5.56 Å². The number of nitrogens with zero attached hydrogens (tertiary/aromatic N) is 4. The second-order valence-electron chi connectivity index (χ2n) is 4.09. The third-order valence-electron chi connectivity index (χ3n) is 2.89. The molecule has 3 rings (SSSR count). The smallest absolute Gasteiger partial charge is 0.178 e. The highest BCUT2D eigenvalue weighted by Crippen LogP contribution is 2.39. The predicted molar refractivity (Wildman–Crippen MR) is 68.1 cm³/mol. The molecule has 0 saturated carbocycles. The Balaban J connectivity index is 2.11. The summed E-state index contributed by atoms with van der Waals surface area (Å²) < 4.78 is 0. The minimum absolute atomic E-state index is 0.879. The third-order valence-corrected chi connectivity index (χ3v) is 2.89. The van der Waals surface area contributed by atoms with E-state index in [1.807, 2.05) is 30.7 Å². The van der Waals surface area contributed by atoms with Crippen molar-refractivity contribution in [3.63, 3.8) is 0 Å². The van der Waals surface area contributed by atoms with Crippen LogP contribution < -0.4 is 9.80 Å². The maximum absolute atomic E-state index is 4.40. The van der Waals surface area contributed by atoms with Crippen LogP contribution in [0.2, 0.25) is 0 Å². The molecule has 0 aliphatic carbocycles. The van der Waals surface area contributed by atoms with E-state index in [-0.39, 0.29) is 0 Å². The fourth-order valence-corrected chi connectivity index (χ4v) is 2.03. The molecule has 0 fully saturated rings. The van der Waals surface area contributed by atoms with Crippen LogP contribution in [0.5, 0.6) is 0 Å². The molecule has 1 aromatic heterocycles. The van der Waals surface area contributed by atoms with E-state index in [4.69, 9.17) is 0 Å². The Hall–Kier alpha value is -2.10. The van der Waals surface area contributed by atoms with Gasteiger partial charge in [-0.1, -0.05) is 18.2 Å². The van der Waals surface area contributed by atoms with Gasteiger partial charge in [0.15, 0.2) is 11.6 Å². The Bertz CT molecular complexity index is 553. The van der Waals surface area contributed by atoms with Gasteiger partial charge in [0.2, 0.25) is 0 Å². The lowest BCUT2D eigenvalue weighted by atomic mass is 10.2. The summed E-state index contributed by atoms with van der Waals surface area (Å²) in [5.41, 5.74) is 2.36. The van der Waals surface area contributed by atoms with Crippen molar-refractivity contribution in [1.82, 2.24) is 9.97 Å². The van der Waals surface area contributed by atoms with E-state index in [1.54, 1.807) is 12.4 Å². The summed E-state index contributed by atoms with van der Waals surface area (Å²) in [6, 6.07) is 8.25. The molecule has 4 heteroatoms. The molecule has 0 unspecified atom stereocenters. The van der Waals surface area contributed by atoms with E-state index in [2.05, 4.69) is 33.9 Å². The molecule has 0 N–H and O–H groups in total. The Kier molecular flexibility index (Phi) is 2.21. The molecule has 0 bridgehead atoms. The molecule has 1 radical (unpaired) electrons. The van der Waals surface area contributed by atoms with Gasteiger partial charge in [0.25, 0.3) is 0 Å². The van der Waals surface area contributed by atoms with Crippen LogP contribution >= 0.6 is 0 Å². The van der Waals surface area contributed by atoms with E-state index in [0.717, 1.165) is 17.3 Å². The molecule has 0 amide bonds. The number of anilines is 3. The second-order valence-corrected chi connectivity index (χ2v) is 4.09. The van der Waals surface area contributed by atoms with Crippen molar-refractivity contribution in [3.05, 3.63) is 48.9 Å². The Morgan fingerprint density at radius 1 is 1.00 bits per heavy atom. The second kappa shape index (κ2) is 3.73. The Morgan fingerprint density at radius 3 is 2.47 bits per heavy atom. The van der Waals surface area contributed by atoms with E-state index in [9.17, 15) is 0 Å². The van der Waals surface area contributed by atoms with Gasteiger partial charge in [0.1, 0.15) is 6.67 Å². The van der Waals surface area contributed by atoms with Gasteiger partial charge in [-0.15, -0.1) is 0 Å². The lowest BCUT2D eigenvalue weighted by Gasteiger charge is -2.19. The number of hydrogen-bond acceptors (Lipinski definition) is 4. The zero-order valence-corrected chi connectivity index (χ0v) is 9.83. The summed E-state index contributed by atoms with van der Waals surface area (Å²) in [6.45, 7) is 4.10. The quantitative estimate of drug-likeness (QED) is 0.746. The summed E-state index contributed by atoms with van der Waals surface area (Å²) in [6.07, 6.45) is 3.43. The molecule has 2 aromatic rings. The Labute approximate surface area is 101 Å². The van der Waals surface area contributed by atoms with Crippen LogP contribution in [0.15, 0.2) is 36.7 Å². The van der Waals surface area contributed by atoms with E-state index < -0.39 is 0 Å². The van der Waals surface area contributed by atoms with Gasteiger partial charge >= 0.3 is 0 Å². The van der Waals surface area contributed by atoms with Gasteiger partial charge in [-0.2, -0.15) is 0 Å². The molecule has 1 aliphatic heterocycles. The molecule has 0 spiro atoms. The molecule has 1 aliphatic rings. The average Bonchev–Trinajstić information content (AvgIpc) is 2.68. The summed E-state index contributed by atoms with van der Waals surface area (Å²) >= 11 is 0. The summed E-state index contributed by atoms with van der Waals surface area (Å²) in [4.78, 5) is 12.8. The number of fused-ring (bicyclic) bond motifs is 1. The van der Waals surface area contributed by atoms with Crippen LogP contribution in [-0.4, -0.2) is 17.0 Å². The monoisotopic (exact) mass is 225 g/mol. The highest BCUT2D eigenvalue weighted by Gasteiger charge is 2.28. The van der Waals surface area contributed by atoms with Crippen LogP contribution in [0, 0.1) is 13.6 Å². The van der Waals surface area contributed by atoms with Gasteiger partial charge in [-0.3, -0.25) is 4.90 Å². The zero-order chi connectivity index (χ0) is 11.8. The maximum Gasteiger partial charge on any atom is 0.178 e. The van der Waals surface area contributed by atoms with Crippen LogP contribution in [-0.2, 0) is 0 Å². The molecule has 4 nitrogen and oxygen atoms in total. The van der Waals surface area contributed by atoms with Crippen LogP contribution in [0.1, 0.15) is 5.56 Å². The lowest BCUT2D eigenvalue weighted by Crippen LogP contribution is -2.18. The predicted octanol–water partition coefficient (Wildman–Crippen LogP) is 2.49. The van der Waals surface area contributed by atoms with Gasteiger partial charge in [0.05, 0.1) is 0 Å². The SMILES string of the molecule is Cc1ccccc1N1[CH]N(C)c2nccnc21. The number of rotatable bonds is 1. The van der Waals surface area contributed by atoms with Gasteiger partial charge in [-0.25, -0.2) is 9.97 Å². The number of para-hydroxylation sites is 1. The van der Waals surface area contributed by atoms with Crippen LogP contribution in [0.4, 0.5) is 17.3 Å². The Morgan fingerprint density at radius 2 is 1.71 bits per heavy atom. The molecule has 2 heterocycles. The van der Waals surface area contributed by atoms with Crippen molar-refractivity contribution in [3.8, 4) is 0 Å². The van der Waals surface area contributed by atoms with Crippen molar-refractivity contribution in [1.29, 1.82) is 0 Å². The number of aryl methyl sites for hydroxylation is 1. The molecule has 17 heavy (non-hydrogen) atoms. The maximum atomic E-state index is 4.40. The normalized spacial score (nSPS) is 14.0. The molecular weight excluding hydrogens is 212 g/mol. The first-order valence-corrected chi connectivity index (χ1v) is 5.51. The van der Waals surface area contributed by atoms with E-state index >= 15 is 0 Å². The van der Waals surface area contributed by atoms with Crippen molar-refractivity contribution < 1.29 is 0 Å². The van der Waals surface area contributed by atoms with Gasteiger partial charge in [0, 0.05) is 25.1 Å². The van der Waals surface area contributed by atoms with Crippen molar-refractivity contribution >= 4 is 17.3 Å². The third kappa shape index (κ3) is 1.53. The summed E-state index contributed by atoms with van der Waals surface area (Å²) in [7, 11) is 1.98. The highest BCUT2D eigenvalue weighted by atomic mass is 15.4. The largest absolute Gasteiger partial charge is 0.332 e. The molecule has 0 atom stereocenters. The summed E-state index contributed by atoms with van der Waals surface area (Å²) in [5.74, 6) is 1.76. The fraction of sp³-hybridized carbons (Fsp3) is 0.154. The van der Waals surface area contributed by atoms with E-state index in [0.29, 0.717) is 0 Å². The van der Waals surface area contributed by atoms with Gasteiger partial charge in [-0.05, 0) is 18.6 Å². The highest BCUT2D eigenvalue weighted by molar-refractivity contribution is 5.79. The number of aromatic nitrogens is 2. The first-order valence-electron chi connectivity index (χ1n) is 5.51. The summed E-state index contributed by atoms with van der Waals surface area (Å²) in [5, 5.41) is 0. The first kappa shape index (κ1) is 10.1. The molecule has 0 saturated heterocycles. The topological polar surface area (TPSA) is 32.3 Å². The lowest BCUT2D eigenvalue weighted by molar-refractivity contribution is 1.05. The number of hydrogen-bond donors (Lipinski definition) is 0. The standard InChI is InChI=1S/C13H13N4/c1-10-5-3-4-6-11(10)17-9-16(2)12-13(17)15-8-7-14-12/h3-9H,1-2H3.